The van der Waals surface area contributed by atoms with Crippen LogP contribution in [0.15, 0.2) is 24.3 Å². The number of aliphatic hydroxyl groups excluding tert-OH is 1. The Morgan fingerprint density at radius 3 is 2.40 bits per heavy atom. The van der Waals surface area contributed by atoms with Gasteiger partial charge in [0.2, 0.25) is 0 Å². The first kappa shape index (κ1) is 15.4. The van der Waals surface area contributed by atoms with Crippen molar-refractivity contribution in [3.8, 4) is 5.75 Å². The standard InChI is InChI=1S/C18H28O2/c1-5-13(3)15-6-8-16(9-7-15)20-18-14(4)10-12(2)11-17(18)19/h6-9,12-14,17-19H,5,10-11H2,1-4H3. The topological polar surface area (TPSA) is 29.5 Å². The van der Waals surface area contributed by atoms with Crippen molar-refractivity contribution in [3.63, 3.8) is 0 Å². The quantitative estimate of drug-likeness (QED) is 0.884. The van der Waals surface area contributed by atoms with E-state index in [1.807, 2.05) is 12.1 Å². The largest absolute Gasteiger partial charge is 0.487 e. The van der Waals surface area contributed by atoms with Crippen molar-refractivity contribution in [2.45, 2.75) is 65.1 Å². The average Bonchev–Trinajstić information content (AvgIpc) is 2.42. The van der Waals surface area contributed by atoms with E-state index in [1.54, 1.807) is 0 Å². The first-order valence-electron chi connectivity index (χ1n) is 7.96. The monoisotopic (exact) mass is 276 g/mol. The van der Waals surface area contributed by atoms with Gasteiger partial charge in [0.15, 0.2) is 0 Å². The van der Waals surface area contributed by atoms with Crippen LogP contribution < -0.4 is 4.74 Å². The van der Waals surface area contributed by atoms with Gasteiger partial charge in [-0.25, -0.2) is 0 Å². The Morgan fingerprint density at radius 1 is 1.20 bits per heavy atom. The number of ether oxygens (including phenoxy) is 1. The molecule has 1 aliphatic rings. The summed E-state index contributed by atoms with van der Waals surface area (Å²) < 4.78 is 6.05. The van der Waals surface area contributed by atoms with Gasteiger partial charge in [0.25, 0.3) is 0 Å². The molecule has 0 heterocycles. The second-order valence-corrected chi connectivity index (χ2v) is 6.58. The fourth-order valence-corrected chi connectivity index (χ4v) is 3.25. The second kappa shape index (κ2) is 6.62. The molecule has 2 rings (SSSR count). The van der Waals surface area contributed by atoms with Crippen molar-refractivity contribution >= 4 is 0 Å². The Labute approximate surface area is 123 Å². The molecule has 1 aromatic carbocycles. The molecule has 1 aliphatic carbocycles. The van der Waals surface area contributed by atoms with Gasteiger partial charge >= 0.3 is 0 Å². The van der Waals surface area contributed by atoms with Gasteiger partial charge in [-0.2, -0.15) is 0 Å². The van der Waals surface area contributed by atoms with Crippen molar-refractivity contribution in [1.29, 1.82) is 0 Å². The molecule has 2 nitrogen and oxygen atoms in total. The maximum Gasteiger partial charge on any atom is 0.127 e. The van der Waals surface area contributed by atoms with E-state index in [1.165, 1.54) is 5.56 Å². The summed E-state index contributed by atoms with van der Waals surface area (Å²) in [5.41, 5.74) is 1.35. The summed E-state index contributed by atoms with van der Waals surface area (Å²) in [6.45, 7) is 8.83. The first-order chi connectivity index (χ1) is 9.51. The van der Waals surface area contributed by atoms with E-state index in [-0.39, 0.29) is 12.2 Å². The van der Waals surface area contributed by atoms with E-state index in [2.05, 4.69) is 39.8 Å². The predicted octanol–water partition coefficient (Wildman–Crippen LogP) is 4.37. The molecule has 1 fully saturated rings. The predicted molar refractivity (Wildman–Crippen MR) is 83.1 cm³/mol. The summed E-state index contributed by atoms with van der Waals surface area (Å²) in [5.74, 6) is 2.46. The third-order valence-corrected chi connectivity index (χ3v) is 4.69. The lowest BCUT2D eigenvalue weighted by Gasteiger charge is -2.36. The van der Waals surface area contributed by atoms with E-state index in [0.29, 0.717) is 17.8 Å². The molecular formula is C18H28O2. The lowest BCUT2D eigenvalue weighted by Crippen LogP contribution is -2.43. The molecule has 1 saturated carbocycles. The zero-order valence-electron chi connectivity index (χ0n) is 13.2. The van der Waals surface area contributed by atoms with Crippen molar-refractivity contribution in [1.82, 2.24) is 0 Å². The van der Waals surface area contributed by atoms with Crippen LogP contribution in [0.5, 0.6) is 5.75 Å². The van der Waals surface area contributed by atoms with Crippen LogP contribution in [0.3, 0.4) is 0 Å². The fraction of sp³-hybridized carbons (Fsp3) is 0.667. The van der Waals surface area contributed by atoms with E-state index in [4.69, 9.17) is 4.74 Å². The minimum absolute atomic E-state index is 0.0688. The molecule has 0 saturated heterocycles. The molecule has 1 aromatic rings. The van der Waals surface area contributed by atoms with Gasteiger partial charge in [-0.05, 0) is 54.7 Å². The Hall–Kier alpha value is -1.02. The maximum absolute atomic E-state index is 10.2. The Kier molecular flexibility index (Phi) is 5.09. The number of hydrogen-bond acceptors (Lipinski definition) is 2. The molecule has 0 amide bonds. The van der Waals surface area contributed by atoms with E-state index < -0.39 is 0 Å². The van der Waals surface area contributed by atoms with Crippen LogP contribution in [0.1, 0.15) is 58.4 Å². The smallest absolute Gasteiger partial charge is 0.127 e. The average molecular weight is 276 g/mol. The molecule has 0 aliphatic heterocycles. The highest BCUT2D eigenvalue weighted by molar-refractivity contribution is 5.29. The van der Waals surface area contributed by atoms with Gasteiger partial charge in [0.05, 0.1) is 6.10 Å². The van der Waals surface area contributed by atoms with E-state index in [9.17, 15) is 5.11 Å². The van der Waals surface area contributed by atoms with Gasteiger partial charge < -0.3 is 9.84 Å². The molecule has 5 atom stereocenters. The van der Waals surface area contributed by atoms with Crippen molar-refractivity contribution in [2.75, 3.05) is 0 Å². The van der Waals surface area contributed by atoms with Gasteiger partial charge in [-0.1, -0.05) is 39.8 Å². The van der Waals surface area contributed by atoms with Crippen molar-refractivity contribution in [3.05, 3.63) is 29.8 Å². The van der Waals surface area contributed by atoms with Gasteiger partial charge in [-0.15, -0.1) is 0 Å². The number of rotatable bonds is 4. The molecule has 1 N–H and O–H groups in total. The zero-order valence-corrected chi connectivity index (χ0v) is 13.2. The highest BCUT2D eigenvalue weighted by Gasteiger charge is 2.34. The highest BCUT2D eigenvalue weighted by atomic mass is 16.5. The molecule has 112 valence electrons. The molecule has 2 heteroatoms. The van der Waals surface area contributed by atoms with E-state index >= 15 is 0 Å². The minimum atomic E-state index is -0.344. The van der Waals surface area contributed by atoms with Crippen LogP contribution in [-0.4, -0.2) is 17.3 Å². The van der Waals surface area contributed by atoms with Gasteiger partial charge in [0.1, 0.15) is 11.9 Å². The molecule has 0 radical (unpaired) electrons. The zero-order chi connectivity index (χ0) is 14.7. The summed E-state index contributed by atoms with van der Waals surface area (Å²) in [4.78, 5) is 0. The van der Waals surface area contributed by atoms with Crippen LogP contribution in [-0.2, 0) is 0 Å². The lowest BCUT2D eigenvalue weighted by molar-refractivity contribution is -0.0388. The van der Waals surface area contributed by atoms with Gasteiger partial charge in [-0.3, -0.25) is 0 Å². The third-order valence-electron chi connectivity index (χ3n) is 4.69. The highest BCUT2D eigenvalue weighted by Crippen LogP contribution is 2.32. The molecule has 0 spiro atoms. The van der Waals surface area contributed by atoms with Crippen LogP contribution in [0.25, 0.3) is 0 Å². The summed E-state index contributed by atoms with van der Waals surface area (Å²) in [6.07, 6.45) is 2.71. The lowest BCUT2D eigenvalue weighted by atomic mass is 9.79. The number of benzene rings is 1. The first-order valence-corrected chi connectivity index (χ1v) is 7.96. The van der Waals surface area contributed by atoms with Crippen LogP contribution in [0.4, 0.5) is 0 Å². The number of aliphatic hydroxyl groups is 1. The van der Waals surface area contributed by atoms with Crippen molar-refractivity contribution < 1.29 is 9.84 Å². The number of hydrogen-bond donors (Lipinski definition) is 1. The SMILES string of the molecule is CCC(C)c1ccc(OC2C(C)CC(C)CC2O)cc1. The van der Waals surface area contributed by atoms with E-state index in [0.717, 1.165) is 25.0 Å². The summed E-state index contributed by atoms with van der Waals surface area (Å²) >= 11 is 0. The Morgan fingerprint density at radius 2 is 1.85 bits per heavy atom. The third kappa shape index (κ3) is 3.54. The summed E-state index contributed by atoms with van der Waals surface area (Å²) in [5, 5.41) is 10.2. The molecule has 0 bridgehead atoms. The Balaban J connectivity index is 2.02. The second-order valence-electron chi connectivity index (χ2n) is 6.58. The summed E-state index contributed by atoms with van der Waals surface area (Å²) in [6, 6.07) is 8.37. The minimum Gasteiger partial charge on any atom is -0.487 e. The van der Waals surface area contributed by atoms with Crippen LogP contribution in [0.2, 0.25) is 0 Å². The Bertz CT molecular complexity index is 400. The molecule has 5 unspecified atom stereocenters. The maximum atomic E-state index is 10.2. The molecular weight excluding hydrogens is 248 g/mol. The van der Waals surface area contributed by atoms with Gasteiger partial charge in [0, 0.05) is 0 Å². The molecule has 0 aromatic heterocycles. The fourth-order valence-electron chi connectivity index (χ4n) is 3.25. The van der Waals surface area contributed by atoms with Crippen LogP contribution >= 0.6 is 0 Å². The molecule has 20 heavy (non-hydrogen) atoms. The summed E-state index contributed by atoms with van der Waals surface area (Å²) in [7, 11) is 0. The van der Waals surface area contributed by atoms with Crippen LogP contribution in [0, 0.1) is 11.8 Å². The normalized spacial score (nSPS) is 31.9. The van der Waals surface area contributed by atoms with Crippen molar-refractivity contribution in [2.24, 2.45) is 11.8 Å².